The lowest BCUT2D eigenvalue weighted by Crippen LogP contribution is -2.32. The molecule has 1 saturated heterocycles. The number of anilines is 1. The lowest BCUT2D eigenvalue weighted by Gasteiger charge is -2.32. The fourth-order valence-corrected chi connectivity index (χ4v) is 4.37. The maximum absolute atomic E-state index is 12.8. The van der Waals surface area contributed by atoms with Crippen LogP contribution in [0.25, 0.3) is 0 Å². The molecule has 0 spiro atoms. The Hall–Kier alpha value is -3.08. The van der Waals surface area contributed by atoms with Crippen LogP contribution in [-0.2, 0) is 6.54 Å². The number of piperidine rings is 1. The van der Waals surface area contributed by atoms with E-state index in [4.69, 9.17) is 0 Å². The number of benzene rings is 2. The predicted molar refractivity (Wildman–Crippen MR) is 130 cm³/mol. The van der Waals surface area contributed by atoms with E-state index in [2.05, 4.69) is 59.5 Å². The van der Waals surface area contributed by atoms with E-state index in [-0.39, 0.29) is 11.9 Å². The van der Waals surface area contributed by atoms with Crippen LogP contribution in [0, 0.1) is 19.8 Å². The Bertz CT molecular complexity index is 1040. The second-order valence-electron chi connectivity index (χ2n) is 9.24. The third kappa shape index (κ3) is 5.21. The maximum atomic E-state index is 12.8. The van der Waals surface area contributed by atoms with Crippen molar-refractivity contribution >= 4 is 11.6 Å². The molecule has 0 saturated carbocycles. The first kappa shape index (κ1) is 22.1. The number of aryl methyl sites for hydroxylation is 2. The van der Waals surface area contributed by atoms with Crippen LogP contribution in [0.1, 0.15) is 65.6 Å². The zero-order chi connectivity index (χ0) is 22.7. The Labute approximate surface area is 191 Å². The molecule has 1 aliphatic heterocycles. The van der Waals surface area contributed by atoms with Crippen LogP contribution in [-0.4, -0.2) is 28.8 Å². The van der Waals surface area contributed by atoms with Crippen LogP contribution in [0.2, 0.25) is 0 Å². The van der Waals surface area contributed by atoms with Gasteiger partial charge >= 0.3 is 0 Å². The highest BCUT2D eigenvalue weighted by molar-refractivity contribution is 5.94. The van der Waals surface area contributed by atoms with Crippen molar-refractivity contribution in [1.82, 2.24) is 15.1 Å². The summed E-state index contributed by atoms with van der Waals surface area (Å²) in [5.41, 5.74) is 6.35. The van der Waals surface area contributed by atoms with Crippen molar-refractivity contribution in [3.05, 3.63) is 82.7 Å². The SMILES string of the molecule is Cc1cc(C)n(Cc2ccc(C(=O)N[C@H](C)c3ccc(N4CCC(C)CC4)cc3)cc2)n1. The van der Waals surface area contributed by atoms with E-state index in [1.807, 2.05) is 42.8 Å². The summed E-state index contributed by atoms with van der Waals surface area (Å²) in [5, 5.41) is 7.64. The van der Waals surface area contributed by atoms with E-state index in [9.17, 15) is 4.79 Å². The van der Waals surface area contributed by atoms with Crippen molar-refractivity contribution in [1.29, 1.82) is 0 Å². The number of hydrogen-bond acceptors (Lipinski definition) is 3. The van der Waals surface area contributed by atoms with Gasteiger partial charge in [-0.1, -0.05) is 31.2 Å². The standard InChI is InChI=1S/C27H34N4O/c1-19-13-15-30(16-14-19)26-11-9-24(10-12-26)22(4)28-27(32)25-7-5-23(6-8-25)18-31-21(3)17-20(2)29-31/h5-12,17,19,22H,13-16,18H2,1-4H3,(H,28,32)/t22-/m1/s1. The Morgan fingerprint density at radius 3 is 2.31 bits per heavy atom. The van der Waals surface area contributed by atoms with E-state index in [0.29, 0.717) is 12.1 Å². The summed E-state index contributed by atoms with van der Waals surface area (Å²) in [6, 6.07) is 18.5. The highest BCUT2D eigenvalue weighted by Crippen LogP contribution is 2.24. The first-order valence-electron chi connectivity index (χ1n) is 11.6. The average Bonchev–Trinajstić information content (AvgIpc) is 3.11. The molecule has 1 amide bonds. The molecule has 4 rings (SSSR count). The predicted octanol–water partition coefficient (Wildman–Crippen LogP) is 5.28. The lowest BCUT2D eigenvalue weighted by molar-refractivity contribution is 0.0940. The molecule has 0 bridgehead atoms. The number of hydrogen-bond donors (Lipinski definition) is 1. The molecule has 5 nitrogen and oxygen atoms in total. The van der Waals surface area contributed by atoms with Crippen LogP contribution in [0.4, 0.5) is 5.69 Å². The fourth-order valence-electron chi connectivity index (χ4n) is 4.37. The molecule has 0 aliphatic carbocycles. The molecule has 2 heterocycles. The van der Waals surface area contributed by atoms with Crippen LogP contribution in [0.15, 0.2) is 54.6 Å². The normalized spacial score (nSPS) is 15.6. The van der Waals surface area contributed by atoms with Gasteiger partial charge in [-0.25, -0.2) is 0 Å². The van der Waals surface area contributed by atoms with Gasteiger partial charge in [-0.15, -0.1) is 0 Å². The molecule has 0 unspecified atom stereocenters. The summed E-state index contributed by atoms with van der Waals surface area (Å²) in [7, 11) is 0. The largest absolute Gasteiger partial charge is 0.372 e. The van der Waals surface area contributed by atoms with Gasteiger partial charge in [0.25, 0.3) is 5.91 Å². The Morgan fingerprint density at radius 2 is 1.72 bits per heavy atom. The average molecular weight is 431 g/mol. The molecule has 0 radical (unpaired) electrons. The van der Waals surface area contributed by atoms with Gasteiger partial charge in [-0.2, -0.15) is 5.10 Å². The van der Waals surface area contributed by atoms with Crippen molar-refractivity contribution in [2.24, 2.45) is 5.92 Å². The molecule has 1 aliphatic rings. The van der Waals surface area contributed by atoms with Gasteiger partial charge in [0.1, 0.15) is 0 Å². The van der Waals surface area contributed by atoms with Gasteiger partial charge in [0, 0.05) is 30.0 Å². The summed E-state index contributed by atoms with van der Waals surface area (Å²) in [4.78, 5) is 15.2. The molecule has 1 fully saturated rings. The van der Waals surface area contributed by atoms with E-state index in [1.54, 1.807) is 0 Å². The Kier molecular flexibility index (Phi) is 6.63. The van der Waals surface area contributed by atoms with Gasteiger partial charge in [0.2, 0.25) is 0 Å². The number of carbonyl (C=O) groups is 1. The summed E-state index contributed by atoms with van der Waals surface area (Å²) in [5.74, 6) is 0.776. The number of amides is 1. The third-order valence-electron chi connectivity index (χ3n) is 6.54. The minimum absolute atomic E-state index is 0.0488. The van der Waals surface area contributed by atoms with Crippen LogP contribution >= 0.6 is 0 Å². The molecule has 1 N–H and O–H groups in total. The highest BCUT2D eigenvalue weighted by Gasteiger charge is 2.17. The number of rotatable bonds is 6. The monoisotopic (exact) mass is 430 g/mol. The molecule has 1 aromatic heterocycles. The second kappa shape index (κ2) is 9.60. The minimum atomic E-state index is -0.0516. The quantitative estimate of drug-likeness (QED) is 0.579. The number of carbonyl (C=O) groups excluding carboxylic acids is 1. The zero-order valence-corrected chi connectivity index (χ0v) is 19.6. The molecule has 3 aromatic rings. The van der Waals surface area contributed by atoms with Crippen molar-refractivity contribution in [3.63, 3.8) is 0 Å². The first-order chi connectivity index (χ1) is 15.4. The molecule has 5 heteroatoms. The van der Waals surface area contributed by atoms with E-state index >= 15 is 0 Å². The van der Waals surface area contributed by atoms with Gasteiger partial charge in [-0.3, -0.25) is 9.48 Å². The Balaban J connectivity index is 1.34. The van der Waals surface area contributed by atoms with Gasteiger partial charge in [0.15, 0.2) is 0 Å². The summed E-state index contributed by atoms with van der Waals surface area (Å²) < 4.78 is 1.99. The van der Waals surface area contributed by atoms with E-state index in [1.165, 1.54) is 18.5 Å². The number of aromatic nitrogens is 2. The molecular formula is C27H34N4O. The van der Waals surface area contributed by atoms with Crippen molar-refractivity contribution < 1.29 is 4.79 Å². The van der Waals surface area contributed by atoms with Crippen molar-refractivity contribution in [2.45, 2.75) is 53.1 Å². The third-order valence-corrected chi connectivity index (χ3v) is 6.54. The lowest BCUT2D eigenvalue weighted by atomic mass is 9.98. The number of nitrogens with zero attached hydrogens (tertiary/aromatic N) is 3. The topological polar surface area (TPSA) is 50.2 Å². The number of nitrogens with one attached hydrogen (secondary N) is 1. The van der Waals surface area contributed by atoms with Crippen LogP contribution < -0.4 is 10.2 Å². The van der Waals surface area contributed by atoms with E-state index in [0.717, 1.165) is 41.5 Å². The summed E-state index contributed by atoms with van der Waals surface area (Å²) in [6.07, 6.45) is 2.52. The molecule has 32 heavy (non-hydrogen) atoms. The molecule has 168 valence electrons. The van der Waals surface area contributed by atoms with Crippen molar-refractivity contribution in [3.8, 4) is 0 Å². The zero-order valence-electron chi connectivity index (χ0n) is 19.6. The van der Waals surface area contributed by atoms with Crippen LogP contribution in [0.3, 0.4) is 0 Å². The van der Waals surface area contributed by atoms with E-state index < -0.39 is 0 Å². The minimum Gasteiger partial charge on any atom is -0.372 e. The van der Waals surface area contributed by atoms with Crippen LogP contribution in [0.5, 0.6) is 0 Å². The fraction of sp³-hybridized carbons (Fsp3) is 0.407. The molecule has 1 atom stereocenters. The Morgan fingerprint density at radius 1 is 1.06 bits per heavy atom. The maximum Gasteiger partial charge on any atom is 0.251 e. The van der Waals surface area contributed by atoms with Gasteiger partial charge in [-0.05, 0) is 81.0 Å². The highest BCUT2D eigenvalue weighted by atomic mass is 16.1. The summed E-state index contributed by atoms with van der Waals surface area (Å²) >= 11 is 0. The molecular weight excluding hydrogens is 396 g/mol. The summed E-state index contributed by atoms with van der Waals surface area (Å²) in [6.45, 7) is 11.4. The van der Waals surface area contributed by atoms with Crippen molar-refractivity contribution in [2.75, 3.05) is 18.0 Å². The van der Waals surface area contributed by atoms with Gasteiger partial charge < -0.3 is 10.2 Å². The molecule has 2 aromatic carbocycles. The first-order valence-corrected chi connectivity index (χ1v) is 11.6. The smallest absolute Gasteiger partial charge is 0.251 e. The van der Waals surface area contributed by atoms with Gasteiger partial charge in [0.05, 0.1) is 18.3 Å². The second-order valence-corrected chi connectivity index (χ2v) is 9.24.